The van der Waals surface area contributed by atoms with Crippen LogP contribution in [0.25, 0.3) is 10.9 Å². The second kappa shape index (κ2) is 5.55. The summed E-state index contributed by atoms with van der Waals surface area (Å²) >= 11 is 0. The molecule has 0 amide bonds. The van der Waals surface area contributed by atoms with E-state index < -0.39 is 0 Å². The number of fused-ring (bicyclic) bond motifs is 2. The van der Waals surface area contributed by atoms with Crippen molar-refractivity contribution in [1.29, 1.82) is 0 Å². The molecule has 2 aromatic heterocycles. The van der Waals surface area contributed by atoms with Crippen LogP contribution in [-0.2, 0) is 19.5 Å². The highest BCUT2D eigenvalue weighted by Crippen LogP contribution is 2.23. The molecule has 0 bridgehead atoms. The summed E-state index contributed by atoms with van der Waals surface area (Å²) in [6.45, 7) is 2.18. The predicted molar refractivity (Wildman–Crippen MR) is 84.4 cm³/mol. The molecule has 0 saturated carbocycles. The third kappa shape index (κ3) is 2.61. The van der Waals surface area contributed by atoms with E-state index in [0.717, 1.165) is 29.8 Å². The topological polar surface area (TPSA) is 61.9 Å². The monoisotopic (exact) mass is 310 g/mol. The highest BCUT2D eigenvalue weighted by atomic mass is 19.1. The number of nitrogens with one attached hydrogen (secondary N) is 1. The Morgan fingerprint density at radius 2 is 2.22 bits per heavy atom. The fourth-order valence-corrected chi connectivity index (χ4v) is 3.11. The van der Waals surface area contributed by atoms with E-state index in [1.165, 1.54) is 6.07 Å². The molecule has 3 aromatic rings. The number of aromatic nitrogens is 3. The zero-order chi connectivity index (χ0) is 15.8. The van der Waals surface area contributed by atoms with Crippen LogP contribution >= 0.6 is 0 Å². The van der Waals surface area contributed by atoms with Crippen molar-refractivity contribution in [3.8, 4) is 0 Å². The summed E-state index contributed by atoms with van der Waals surface area (Å²) in [7, 11) is 0. The average Bonchev–Trinajstić information content (AvgIpc) is 2.57. The Balaban J connectivity index is 1.65. The molecule has 0 aliphatic carbocycles. The quantitative estimate of drug-likeness (QED) is 0.786. The molecule has 0 fully saturated rings. The molecular weight excluding hydrogens is 295 g/mol. The van der Waals surface area contributed by atoms with Gasteiger partial charge in [-0.25, -0.2) is 9.49 Å². The molecule has 1 N–H and O–H groups in total. The first-order valence-electron chi connectivity index (χ1n) is 7.52. The number of nitrogens with zero attached hydrogens (tertiary/aromatic N) is 3. The van der Waals surface area contributed by atoms with Crippen LogP contribution in [0.1, 0.15) is 16.8 Å². The molecule has 0 atom stereocenters. The molecule has 3 heterocycles. The lowest BCUT2D eigenvalue weighted by Gasteiger charge is -2.27. The molecule has 0 spiro atoms. The molecule has 1 aliphatic rings. The Hall–Kier alpha value is -2.60. The SMILES string of the molecule is O=c1cc2c(n[nH]1)CCN(Cc1ccc(F)c3cccnc13)C2. The second-order valence-electron chi connectivity index (χ2n) is 5.77. The van der Waals surface area contributed by atoms with E-state index in [1.807, 2.05) is 0 Å². The van der Waals surface area contributed by atoms with Crippen LogP contribution in [0, 0.1) is 5.82 Å². The maximum Gasteiger partial charge on any atom is 0.264 e. The molecule has 23 heavy (non-hydrogen) atoms. The fraction of sp³-hybridized carbons (Fsp3) is 0.235. The van der Waals surface area contributed by atoms with Gasteiger partial charge in [-0.1, -0.05) is 6.07 Å². The molecule has 4 rings (SSSR count). The molecule has 0 radical (unpaired) electrons. The van der Waals surface area contributed by atoms with Crippen molar-refractivity contribution >= 4 is 10.9 Å². The lowest BCUT2D eigenvalue weighted by molar-refractivity contribution is 0.243. The average molecular weight is 310 g/mol. The molecule has 1 aromatic carbocycles. The van der Waals surface area contributed by atoms with Gasteiger partial charge >= 0.3 is 0 Å². The fourth-order valence-electron chi connectivity index (χ4n) is 3.11. The van der Waals surface area contributed by atoms with Crippen molar-refractivity contribution in [2.45, 2.75) is 19.5 Å². The number of hydrogen-bond acceptors (Lipinski definition) is 4. The van der Waals surface area contributed by atoms with E-state index in [0.29, 0.717) is 24.0 Å². The van der Waals surface area contributed by atoms with Gasteiger partial charge in [-0.2, -0.15) is 5.10 Å². The number of hydrogen-bond donors (Lipinski definition) is 1. The van der Waals surface area contributed by atoms with Gasteiger partial charge in [0, 0.05) is 43.7 Å². The van der Waals surface area contributed by atoms with E-state index in [4.69, 9.17) is 0 Å². The molecular formula is C17H15FN4O. The molecule has 6 heteroatoms. The van der Waals surface area contributed by atoms with Crippen molar-refractivity contribution < 1.29 is 4.39 Å². The first kappa shape index (κ1) is 14.0. The van der Waals surface area contributed by atoms with Crippen LogP contribution in [0.3, 0.4) is 0 Å². The summed E-state index contributed by atoms with van der Waals surface area (Å²) in [4.78, 5) is 18.0. The van der Waals surface area contributed by atoms with Crippen LogP contribution in [0.5, 0.6) is 0 Å². The maximum absolute atomic E-state index is 13.9. The van der Waals surface area contributed by atoms with Gasteiger partial charge in [-0.05, 0) is 29.3 Å². The van der Waals surface area contributed by atoms with Gasteiger partial charge in [0.2, 0.25) is 0 Å². The molecule has 0 unspecified atom stereocenters. The first-order valence-corrected chi connectivity index (χ1v) is 7.52. The largest absolute Gasteiger partial charge is 0.294 e. The van der Waals surface area contributed by atoms with Crippen LogP contribution in [-0.4, -0.2) is 26.6 Å². The van der Waals surface area contributed by atoms with Crippen molar-refractivity contribution in [2.24, 2.45) is 0 Å². The molecule has 5 nitrogen and oxygen atoms in total. The van der Waals surface area contributed by atoms with E-state index in [1.54, 1.807) is 30.5 Å². The number of rotatable bonds is 2. The lowest BCUT2D eigenvalue weighted by atomic mass is 10.0. The predicted octanol–water partition coefficient (Wildman–Crippen LogP) is 2.02. The Labute approximate surface area is 131 Å². The zero-order valence-corrected chi connectivity index (χ0v) is 12.4. The smallest absolute Gasteiger partial charge is 0.264 e. The minimum atomic E-state index is -0.253. The van der Waals surface area contributed by atoms with Gasteiger partial charge in [0.15, 0.2) is 0 Å². The number of pyridine rings is 1. The summed E-state index contributed by atoms with van der Waals surface area (Å²) in [6.07, 6.45) is 2.47. The van der Waals surface area contributed by atoms with Gasteiger partial charge in [-0.3, -0.25) is 14.7 Å². The highest BCUT2D eigenvalue weighted by Gasteiger charge is 2.19. The van der Waals surface area contributed by atoms with Crippen molar-refractivity contribution in [1.82, 2.24) is 20.1 Å². The van der Waals surface area contributed by atoms with Crippen molar-refractivity contribution in [3.63, 3.8) is 0 Å². The third-order valence-electron chi connectivity index (χ3n) is 4.23. The van der Waals surface area contributed by atoms with E-state index in [-0.39, 0.29) is 11.4 Å². The van der Waals surface area contributed by atoms with Gasteiger partial charge in [0.25, 0.3) is 5.56 Å². The minimum absolute atomic E-state index is 0.181. The zero-order valence-electron chi connectivity index (χ0n) is 12.4. The highest BCUT2D eigenvalue weighted by molar-refractivity contribution is 5.82. The first-order chi connectivity index (χ1) is 11.2. The number of H-pyrrole nitrogens is 1. The van der Waals surface area contributed by atoms with E-state index in [9.17, 15) is 9.18 Å². The van der Waals surface area contributed by atoms with Crippen LogP contribution in [0.2, 0.25) is 0 Å². The van der Waals surface area contributed by atoms with Crippen LogP contribution < -0.4 is 5.56 Å². The van der Waals surface area contributed by atoms with Crippen molar-refractivity contribution in [3.05, 3.63) is 69.5 Å². The third-order valence-corrected chi connectivity index (χ3v) is 4.23. The van der Waals surface area contributed by atoms with Crippen LogP contribution in [0.4, 0.5) is 4.39 Å². The number of halogens is 1. The molecule has 1 aliphatic heterocycles. The number of aromatic amines is 1. The van der Waals surface area contributed by atoms with Crippen LogP contribution in [0.15, 0.2) is 41.3 Å². The normalized spacial score (nSPS) is 14.8. The van der Waals surface area contributed by atoms with Gasteiger partial charge in [0.05, 0.1) is 11.2 Å². The van der Waals surface area contributed by atoms with Gasteiger partial charge in [-0.15, -0.1) is 0 Å². The summed E-state index contributed by atoms with van der Waals surface area (Å²) in [5, 5.41) is 7.12. The summed E-state index contributed by atoms with van der Waals surface area (Å²) in [5.74, 6) is -0.253. The molecule has 0 saturated heterocycles. The summed E-state index contributed by atoms with van der Waals surface area (Å²) < 4.78 is 13.9. The second-order valence-corrected chi connectivity index (χ2v) is 5.77. The van der Waals surface area contributed by atoms with Gasteiger partial charge < -0.3 is 0 Å². The van der Waals surface area contributed by atoms with E-state index in [2.05, 4.69) is 20.1 Å². The lowest BCUT2D eigenvalue weighted by Crippen LogP contribution is -2.32. The van der Waals surface area contributed by atoms with E-state index >= 15 is 0 Å². The number of benzene rings is 1. The summed E-state index contributed by atoms with van der Waals surface area (Å²) in [6, 6.07) is 8.37. The summed E-state index contributed by atoms with van der Waals surface area (Å²) in [5.41, 5.74) is 3.41. The Kier molecular flexibility index (Phi) is 3.38. The minimum Gasteiger partial charge on any atom is -0.294 e. The maximum atomic E-state index is 13.9. The van der Waals surface area contributed by atoms with Crippen molar-refractivity contribution in [2.75, 3.05) is 6.54 Å². The Bertz CT molecular complexity index is 937. The Morgan fingerprint density at radius 1 is 1.30 bits per heavy atom. The Morgan fingerprint density at radius 3 is 3.13 bits per heavy atom. The standard InChI is InChI=1S/C17H15FN4O/c18-14-4-3-11(17-13(14)2-1-6-19-17)9-22-7-5-15-12(10-22)8-16(23)21-20-15/h1-4,6,8H,5,7,9-10H2,(H,21,23). The van der Waals surface area contributed by atoms with Gasteiger partial charge in [0.1, 0.15) is 5.82 Å². The molecule has 116 valence electrons.